The zero-order valence-electron chi connectivity index (χ0n) is 19.0. The number of rotatable bonds is 5. The Morgan fingerprint density at radius 1 is 1.11 bits per heavy atom. The first-order valence-corrected chi connectivity index (χ1v) is 12.8. The number of sulfone groups is 1. The third-order valence-electron chi connectivity index (χ3n) is 7.37. The second kappa shape index (κ2) is 8.77. The number of alkyl halides is 3. The molecule has 1 aliphatic heterocycles. The average Bonchev–Trinajstić information content (AvgIpc) is 2.75. The SMILES string of the molecule is C[C@@H]1NC[C@@H](c2ccccc2)S(=O)(=O)C1Cc1cc(F)c(C2(C(=O)O)CC(O)(C(F)(F)F)C2)cc1F. The van der Waals surface area contributed by atoms with E-state index in [1.165, 1.54) is 0 Å². The van der Waals surface area contributed by atoms with E-state index in [1.54, 1.807) is 37.3 Å². The van der Waals surface area contributed by atoms with Crippen LogP contribution >= 0.6 is 0 Å². The number of nitrogens with one attached hydrogen (secondary N) is 1. The lowest BCUT2D eigenvalue weighted by atomic mass is 9.55. The summed E-state index contributed by atoms with van der Waals surface area (Å²) in [5, 5.41) is 20.3. The Bertz CT molecular complexity index is 1280. The molecule has 196 valence electrons. The molecule has 4 rings (SSSR count). The number of aliphatic carboxylic acids is 1. The van der Waals surface area contributed by atoms with Crippen LogP contribution in [0.25, 0.3) is 0 Å². The summed E-state index contributed by atoms with van der Waals surface area (Å²) in [6.07, 6.45) is -8.32. The van der Waals surface area contributed by atoms with Crippen molar-refractivity contribution < 1.29 is 45.4 Å². The van der Waals surface area contributed by atoms with Crippen molar-refractivity contribution in [2.45, 2.75) is 59.9 Å². The van der Waals surface area contributed by atoms with E-state index in [2.05, 4.69) is 5.32 Å². The second-order valence-corrected chi connectivity index (χ2v) is 12.0. The molecule has 2 aromatic carbocycles. The first kappa shape index (κ1) is 26.5. The lowest BCUT2D eigenvalue weighted by molar-refractivity contribution is -0.302. The maximum absolute atomic E-state index is 15.1. The number of benzene rings is 2. The monoisotopic (exact) mass is 533 g/mol. The molecule has 0 radical (unpaired) electrons. The van der Waals surface area contributed by atoms with E-state index in [0.717, 1.165) is 0 Å². The predicted molar refractivity (Wildman–Crippen MR) is 119 cm³/mol. The first-order valence-electron chi connectivity index (χ1n) is 11.1. The molecule has 2 aromatic rings. The molecule has 3 atom stereocenters. The number of carboxylic acid groups (broad SMARTS) is 1. The Kier molecular flexibility index (Phi) is 6.46. The topological polar surface area (TPSA) is 104 Å². The highest BCUT2D eigenvalue weighted by Crippen LogP contribution is 2.57. The molecule has 1 unspecified atom stereocenters. The fourth-order valence-corrected chi connectivity index (χ4v) is 7.60. The maximum Gasteiger partial charge on any atom is 0.417 e. The van der Waals surface area contributed by atoms with Gasteiger partial charge >= 0.3 is 12.1 Å². The third-order valence-corrected chi connectivity index (χ3v) is 10.0. The molecule has 1 heterocycles. The minimum absolute atomic E-state index is 0.128. The molecule has 0 spiro atoms. The number of carbonyl (C=O) groups is 1. The second-order valence-electron chi connectivity index (χ2n) is 9.62. The van der Waals surface area contributed by atoms with Crippen LogP contribution in [0.5, 0.6) is 0 Å². The summed E-state index contributed by atoms with van der Waals surface area (Å²) < 4.78 is 96.3. The van der Waals surface area contributed by atoms with Crippen LogP contribution in [-0.4, -0.2) is 54.2 Å². The van der Waals surface area contributed by atoms with E-state index >= 15 is 8.78 Å². The molecule has 1 aliphatic carbocycles. The summed E-state index contributed by atoms with van der Waals surface area (Å²) in [6.45, 7) is 1.72. The van der Waals surface area contributed by atoms with E-state index in [4.69, 9.17) is 0 Å². The van der Waals surface area contributed by atoms with E-state index in [1.807, 2.05) is 0 Å². The van der Waals surface area contributed by atoms with Crippen molar-refractivity contribution >= 4 is 15.8 Å². The highest BCUT2D eigenvalue weighted by Gasteiger charge is 2.71. The van der Waals surface area contributed by atoms with Crippen LogP contribution in [0.4, 0.5) is 22.0 Å². The van der Waals surface area contributed by atoms with Crippen molar-refractivity contribution in [2.75, 3.05) is 6.54 Å². The summed E-state index contributed by atoms with van der Waals surface area (Å²) in [5.41, 5.74) is -6.45. The Hall–Kier alpha value is -2.57. The van der Waals surface area contributed by atoms with Gasteiger partial charge < -0.3 is 15.5 Å². The van der Waals surface area contributed by atoms with Crippen molar-refractivity contribution in [1.82, 2.24) is 5.32 Å². The van der Waals surface area contributed by atoms with Crippen LogP contribution in [0.15, 0.2) is 42.5 Å². The van der Waals surface area contributed by atoms with Crippen LogP contribution in [0.2, 0.25) is 0 Å². The smallest absolute Gasteiger partial charge is 0.417 e. The van der Waals surface area contributed by atoms with Gasteiger partial charge in [-0.25, -0.2) is 17.2 Å². The molecule has 12 heteroatoms. The fraction of sp³-hybridized carbons (Fsp3) is 0.458. The van der Waals surface area contributed by atoms with Gasteiger partial charge in [-0.3, -0.25) is 4.79 Å². The Labute approximate surface area is 204 Å². The molecule has 1 saturated heterocycles. The highest BCUT2D eigenvalue weighted by molar-refractivity contribution is 7.92. The highest BCUT2D eigenvalue weighted by atomic mass is 32.2. The van der Waals surface area contributed by atoms with Gasteiger partial charge in [-0.15, -0.1) is 0 Å². The first-order chi connectivity index (χ1) is 16.6. The van der Waals surface area contributed by atoms with Gasteiger partial charge in [0.25, 0.3) is 0 Å². The van der Waals surface area contributed by atoms with Crippen molar-refractivity contribution in [3.63, 3.8) is 0 Å². The molecular weight excluding hydrogens is 509 g/mol. The zero-order valence-corrected chi connectivity index (χ0v) is 19.8. The van der Waals surface area contributed by atoms with Crippen LogP contribution in [0.1, 0.15) is 41.7 Å². The zero-order chi connectivity index (χ0) is 26.7. The molecule has 1 saturated carbocycles. The number of halogens is 5. The van der Waals surface area contributed by atoms with Crippen molar-refractivity contribution in [2.24, 2.45) is 0 Å². The third kappa shape index (κ3) is 4.18. The summed E-state index contributed by atoms with van der Waals surface area (Å²) in [7, 11) is -3.88. The van der Waals surface area contributed by atoms with Crippen LogP contribution in [0, 0.1) is 11.6 Å². The van der Waals surface area contributed by atoms with Crippen molar-refractivity contribution in [1.29, 1.82) is 0 Å². The molecule has 0 bridgehead atoms. The van der Waals surface area contributed by atoms with Crippen LogP contribution in [0.3, 0.4) is 0 Å². The van der Waals surface area contributed by atoms with Gasteiger partial charge in [-0.1, -0.05) is 30.3 Å². The van der Waals surface area contributed by atoms with Gasteiger partial charge in [-0.05, 0) is 36.6 Å². The molecular formula is C24H24F5NO5S. The van der Waals surface area contributed by atoms with E-state index < -0.39 is 86.0 Å². The van der Waals surface area contributed by atoms with E-state index in [-0.39, 0.29) is 12.1 Å². The largest absolute Gasteiger partial charge is 0.481 e. The van der Waals surface area contributed by atoms with Gasteiger partial charge in [0.05, 0.1) is 10.5 Å². The Balaban J connectivity index is 1.66. The summed E-state index contributed by atoms with van der Waals surface area (Å²) in [4.78, 5) is 11.8. The van der Waals surface area contributed by atoms with Gasteiger partial charge in [0.2, 0.25) is 0 Å². The number of carboxylic acids is 1. The molecule has 36 heavy (non-hydrogen) atoms. The van der Waals surface area contributed by atoms with Gasteiger partial charge in [0.15, 0.2) is 15.4 Å². The lowest BCUT2D eigenvalue weighted by Gasteiger charge is -2.51. The Morgan fingerprint density at radius 2 is 1.72 bits per heavy atom. The van der Waals surface area contributed by atoms with Gasteiger partial charge in [-0.2, -0.15) is 13.2 Å². The van der Waals surface area contributed by atoms with Crippen molar-refractivity contribution in [3.8, 4) is 0 Å². The fourth-order valence-electron chi connectivity index (χ4n) is 5.24. The van der Waals surface area contributed by atoms with E-state index in [0.29, 0.717) is 17.7 Å². The van der Waals surface area contributed by atoms with E-state index in [9.17, 15) is 36.6 Å². The van der Waals surface area contributed by atoms with Crippen molar-refractivity contribution in [3.05, 3.63) is 70.8 Å². The molecule has 6 nitrogen and oxygen atoms in total. The van der Waals surface area contributed by atoms with Crippen LogP contribution in [-0.2, 0) is 26.5 Å². The molecule has 2 fully saturated rings. The number of hydrogen-bond donors (Lipinski definition) is 3. The average molecular weight is 534 g/mol. The lowest BCUT2D eigenvalue weighted by Crippen LogP contribution is -2.65. The standard InChI is InChI=1S/C24H24F5NO5S/c1-13-19(36(34,35)20(10-30-13)14-5-3-2-4-6-14)8-15-7-18(26)16(9-17(15)25)22(21(31)32)11-23(33,12-22)24(27,28)29/h2-7,9,13,19-20,30,33H,8,10-12H2,1H3,(H,31,32)/t13-,19?,20-,22?,23?/m0/s1. The normalized spacial score (nSPS) is 32.0. The summed E-state index contributed by atoms with van der Waals surface area (Å²) >= 11 is 0. The van der Waals surface area contributed by atoms with Gasteiger partial charge in [0, 0.05) is 31.0 Å². The van der Waals surface area contributed by atoms with Gasteiger partial charge in [0.1, 0.15) is 17.0 Å². The minimum Gasteiger partial charge on any atom is -0.481 e. The maximum atomic E-state index is 15.1. The molecule has 3 N–H and O–H groups in total. The summed E-state index contributed by atoms with van der Waals surface area (Å²) in [6, 6.07) is 8.92. The Morgan fingerprint density at radius 3 is 2.28 bits per heavy atom. The number of aliphatic hydroxyl groups is 1. The molecule has 0 aromatic heterocycles. The summed E-state index contributed by atoms with van der Waals surface area (Å²) in [5.74, 6) is -4.26. The molecule has 0 amide bonds. The number of hydrogen-bond acceptors (Lipinski definition) is 5. The van der Waals surface area contributed by atoms with Crippen LogP contribution < -0.4 is 5.32 Å². The minimum atomic E-state index is -5.14. The molecule has 2 aliphatic rings. The predicted octanol–water partition coefficient (Wildman–Crippen LogP) is 3.43. The quantitative estimate of drug-likeness (QED) is 0.509.